The molecule has 20 heavy (non-hydrogen) atoms. The molecule has 1 aromatic rings. The molecule has 1 amide bonds. The number of nitrogens with zero attached hydrogens (tertiary/aromatic N) is 3. The van der Waals surface area contributed by atoms with Gasteiger partial charge in [-0.3, -0.25) is 9.48 Å². The van der Waals surface area contributed by atoms with Gasteiger partial charge < -0.3 is 15.0 Å². The van der Waals surface area contributed by atoms with Gasteiger partial charge in [0.15, 0.2) is 0 Å². The first kappa shape index (κ1) is 15.3. The first-order chi connectivity index (χ1) is 9.49. The molecule has 0 aromatic carbocycles. The standard InChI is InChI=1S/C13H21ClN4O2/c1-9-11(14)12(18(3)16-9)13(19)15-6-10-7-17(2)4-5-20-8-10/h10H,4-8H2,1-3H3,(H,15,19)/t10-/m1/s1. The van der Waals surface area contributed by atoms with Crippen LogP contribution in [-0.4, -0.2) is 60.5 Å². The molecule has 0 saturated carbocycles. The molecule has 1 N–H and O–H groups in total. The highest BCUT2D eigenvalue weighted by Gasteiger charge is 2.21. The number of carbonyl (C=O) groups is 1. The average molecular weight is 301 g/mol. The van der Waals surface area contributed by atoms with Gasteiger partial charge in [-0.25, -0.2) is 0 Å². The molecule has 1 aliphatic heterocycles. The van der Waals surface area contributed by atoms with Gasteiger partial charge in [-0.15, -0.1) is 0 Å². The summed E-state index contributed by atoms with van der Waals surface area (Å²) in [6.07, 6.45) is 0. The summed E-state index contributed by atoms with van der Waals surface area (Å²) in [7, 11) is 3.78. The van der Waals surface area contributed by atoms with E-state index in [1.54, 1.807) is 14.0 Å². The fourth-order valence-corrected chi connectivity index (χ4v) is 2.62. The zero-order valence-electron chi connectivity index (χ0n) is 12.1. The number of hydrogen-bond donors (Lipinski definition) is 1. The third-order valence-electron chi connectivity index (χ3n) is 3.46. The Kier molecular flexibility index (Phi) is 5.01. The van der Waals surface area contributed by atoms with E-state index in [1.807, 2.05) is 0 Å². The van der Waals surface area contributed by atoms with Gasteiger partial charge in [-0.1, -0.05) is 11.6 Å². The third kappa shape index (κ3) is 3.50. The largest absolute Gasteiger partial charge is 0.380 e. The SMILES string of the molecule is Cc1nn(C)c(C(=O)NC[C@H]2COCCN(C)C2)c1Cl. The summed E-state index contributed by atoms with van der Waals surface area (Å²) in [4.78, 5) is 14.4. The van der Waals surface area contributed by atoms with Gasteiger partial charge in [-0.05, 0) is 14.0 Å². The van der Waals surface area contributed by atoms with Gasteiger partial charge in [0, 0.05) is 32.6 Å². The monoisotopic (exact) mass is 300 g/mol. The second-order valence-corrected chi connectivity index (χ2v) is 5.66. The molecular weight excluding hydrogens is 280 g/mol. The maximum absolute atomic E-state index is 12.2. The lowest BCUT2D eigenvalue weighted by molar-refractivity contribution is 0.0912. The molecule has 1 fully saturated rings. The quantitative estimate of drug-likeness (QED) is 0.892. The predicted octanol–water partition coefficient (Wildman–Crippen LogP) is 0.690. The number of amides is 1. The minimum atomic E-state index is -0.190. The van der Waals surface area contributed by atoms with Gasteiger partial charge in [0.2, 0.25) is 0 Å². The molecule has 1 atom stereocenters. The van der Waals surface area contributed by atoms with Crippen LogP contribution in [0, 0.1) is 12.8 Å². The van der Waals surface area contributed by atoms with Crippen LogP contribution in [0.2, 0.25) is 5.02 Å². The zero-order valence-corrected chi connectivity index (χ0v) is 12.9. The summed E-state index contributed by atoms with van der Waals surface area (Å²) in [5.74, 6) is 0.101. The van der Waals surface area contributed by atoms with Crippen LogP contribution in [0.5, 0.6) is 0 Å². The Morgan fingerprint density at radius 3 is 2.95 bits per heavy atom. The molecule has 0 aliphatic carbocycles. The summed E-state index contributed by atoms with van der Waals surface area (Å²) in [5, 5.41) is 7.48. The molecule has 7 heteroatoms. The van der Waals surface area contributed by atoms with Crippen molar-refractivity contribution in [3.63, 3.8) is 0 Å². The van der Waals surface area contributed by atoms with E-state index in [0.717, 1.165) is 19.7 Å². The lowest BCUT2D eigenvalue weighted by Crippen LogP contribution is -2.36. The third-order valence-corrected chi connectivity index (χ3v) is 3.91. The van der Waals surface area contributed by atoms with Gasteiger partial charge in [0.05, 0.1) is 23.9 Å². The molecule has 2 heterocycles. The van der Waals surface area contributed by atoms with Crippen molar-refractivity contribution >= 4 is 17.5 Å². The number of ether oxygens (including phenoxy) is 1. The highest BCUT2D eigenvalue weighted by Crippen LogP contribution is 2.19. The van der Waals surface area contributed by atoms with Crippen molar-refractivity contribution in [3.8, 4) is 0 Å². The first-order valence-corrected chi connectivity index (χ1v) is 7.10. The Balaban J connectivity index is 1.94. The van der Waals surface area contributed by atoms with E-state index in [9.17, 15) is 4.79 Å². The molecule has 1 aromatic heterocycles. The lowest BCUT2D eigenvalue weighted by Gasteiger charge is -2.19. The van der Waals surface area contributed by atoms with Gasteiger partial charge >= 0.3 is 0 Å². The van der Waals surface area contributed by atoms with E-state index in [4.69, 9.17) is 16.3 Å². The summed E-state index contributed by atoms with van der Waals surface area (Å²) in [5.41, 5.74) is 1.07. The van der Waals surface area contributed by atoms with Crippen LogP contribution < -0.4 is 5.32 Å². The average Bonchev–Trinajstić information content (AvgIpc) is 2.55. The summed E-state index contributed by atoms with van der Waals surface area (Å²) < 4.78 is 7.05. The Morgan fingerprint density at radius 1 is 1.55 bits per heavy atom. The number of halogens is 1. The van der Waals surface area contributed by atoms with Crippen LogP contribution in [0.15, 0.2) is 0 Å². The van der Waals surface area contributed by atoms with E-state index < -0.39 is 0 Å². The fraction of sp³-hybridized carbons (Fsp3) is 0.692. The van der Waals surface area contributed by atoms with E-state index in [-0.39, 0.29) is 5.91 Å². The number of hydrogen-bond acceptors (Lipinski definition) is 4. The van der Waals surface area contributed by atoms with Gasteiger partial charge in [0.1, 0.15) is 5.69 Å². The van der Waals surface area contributed by atoms with Crippen LogP contribution in [-0.2, 0) is 11.8 Å². The molecule has 112 valence electrons. The number of aryl methyl sites for hydroxylation is 2. The minimum absolute atomic E-state index is 0.190. The molecule has 2 rings (SSSR count). The van der Waals surface area contributed by atoms with Crippen molar-refractivity contribution in [3.05, 3.63) is 16.4 Å². The van der Waals surface area contributed by atoms with E-state index in [0.29, 0.717) is 35.5 Å². The van der Waals surface area contributed by atoms with Gasteiger partial charge in [0.25, 0.3) is 5.91 Å². The molecule has 6 nitrogen and oxygen atoms in total. The van der Waals surface area contributed by atoms with Gasteiger partial charge in [-0.2, -0.15) is 5.10 Å². The molecule has 1 saturated heterocycles. The van der Waals surface area contributed by atoms with Crippen molar-refractivity contribution in [2.45, 2.75) is 6.92 Å². The topological polar surface area (TPSA) is 59.4 Å². The van der Waals surface area contributed by atoms with E-state index in [1.165, 1.54) is 4.68 Å². The Hall–Kier alpha value is -1.11. The second kappa shape index (κ2) is 6.56. The smallest absolute Gasteiger partial charge is 0.271 e. The van der Waals surface area contributed by atoms with Crippen LogP contribution >= 0.6 is 11.6 Å². The van der Waals surface area contributed by atoms with E-state index >= 15 is 0 Å². The Bertz CT molecular complexity index is 489. The van der Waals surface area contributed by atoms with Crippen molar-refractivity contribution < 1.29 is 9.53 Å². The number of nitrogens with one attached hydrogen (secondary N) is 1. The predicted molar refractivity (Wildman–Crippen MR) is 77.1 cm³/mol. The lowest BCUT2D eigenvalue weighted by atomic mass is 10.1. The summed E-state index contributed by atoms with van der Waals surface area (Å²) in [6.45, 7) is 5.61. The van der Waals surface area contributed by atoms with Crippen molar-refractivity contribution in [2.75, 3.05) is 39.9 Å². The maximum atomic E-state index is 12.2. The highest BCUT2D eigenvalue weighted by atomic mass is 35.5. The second-order valence-electron chi connectivity index (χ2n) is 5.28. The molecule has 0 bridgehead atoms. The minimum Gasteiger partial charge on any atom is -0.380 e. The van der Waals surface area contributed by atoms with Crippen LogP contribution in [0.3, 0.4) is 0 Å². The number of likely N-dealkylation sites (N-methyl/N-ethyl adjacent to an activating group) is 1. The Morgan fingerprint density at radius 2 is 2.30 bits per heavy atom. The van der Waals surface area contributed by atoms with Crippen molar-refractivity contribution in [2.24, 2.45) is 13.0 Å². The van der Waals surface area contributed by atoms with Crippen molar-refractivity contribution in [1.82, 2.24) is 20.0 Å². The zero-order chi connectivity index (χ0) is 14.7. The number of aromatic nitrogens is 2. The molecule has 1 aliphatic rings. The fourth-order valence-electron chi connectivity index (χ4n) is 2.38. The van der Waals surface area contributed by atoms with Crippen molar-refractivity contribution in [1.29, 1.82) is 0 Å². The molecular formula is C13H21ClN4O2. The van der Waals surface area contributed by atoms with Crippen LogP contribution in [0.4, 0.5) is 0 Å². The summed E-state index contributed by atoms with van der Waals surface area (Å²) in [6, 6.07) is 0. The van der Waals surface area contributed by atoms with Crippen LogP contribution in [0.25, 0.3) is 0 Å². The normalized spacial score (nSPS) is 20.7. The molecule has 0 unspecified atom stereocenters. The first-order valence-electron chi connectivity index (χ1n) is 6.72. The number of carbonyl (C=O) groups excluding carboxylic acids is 1. The Labute approximate surface area is 124 Å². The summed E-state index contributed by atoms with van der Waals surface area (Å²) >= 11 is 6.10. The van der Waals surface area contributed by atoms with Crippen LogP contribution in [0.1, 0.15) is 16.2 Å². The number of rotatable bonds is 3. The highest BCUT2D eigenvalue weighted by molar-refractivity contribution is 6.34. The molecule has 0 radical (unpaired) electrons. The molecule has 0 spiro atoms. The van der Waals surface area contributed by atoms with E-state index in [2.05, 4.69) is 22.4 Å². The maximum Gasteiger partial charge on any atom is 0.271 e.